The highest BCUT2D eigenvalue weighted by molar-refractivity contribution is 5.85. The fourth-order valence-corrected chi connectivity index (χ4v) is 1.82. The van der Waals surface area contributed by atoms with Crippen molar-refractivity contribution in [3.05, 3.63) is 0 Å². The molecular weight excluding hydrogens is 244 g/mol. The lowest BCUT2D eigenvalue weighted by atomic mass is 10.0. The highest BCUT2D eigenvalue weighted by atomic mass is 35.5. The van der Waals surface area contributed by atoms with Gasteiger partial charge in [-0.2, -0.15) is 0 Å². The average molecular weight is 263 g/mol. The summed E-state index contributed by atoms with van der Waals surface area (Å²) in [5, 5.41) is 3.07. The zero-order valence-corrected chi connectivity index (χ0v) is 10.8. The van der Waals surface area contributed by atoms with Crippen LogP contribution in [0.5, 0.6) is 0 Å². The second-order valence-corrected chi connectivity index (χ2v) is 4.36. The van der Waals surface area contributed by atoms with Gasteiger partial charge in [0.05, 0.1) is 12.5 Å². The fraction of sp³-hybridized carbons (Fsp3) is 0.818. The van der Waals surface area contributed by atoms with Crippen LogP contribution in [0.4, 0.5) is 0 Å². The van der Waals surface area contributed by atoms with E-state index >= 15 is 0 Å². The maximum absolute atomic E-state index is 12.0. The minimum Gasteiger partial charge on any atom is -0.465 e. The van der Waals surface area contributed by atoms with E-state index in [1.807, 2.05) is 0 Å². The van der Waals surface area contributed by atoms with Gasteiger partial charge in [0.25, 0.3) is 0 Å². The molecule has 2 fully saturated rings. The number of carbonyl (C=O) groups is 2. The first-order chi connectivity index (χ1) is 7.72. The van der Waals surface area contributed by atoms with Crippen LogP contribution in [0.1, 0.15) is 19.8 Å². The zero-order chi connectivity index (χ0) is 11.5. The van der Waals surface area contributed by atoms with Crippen molar-refractivity contribution in [3.8, 4) is 0 Å². The number of nitrogens with one attached hydrogen (secondary N) is 1. The van der Waals surface area contributed by atoms with Crippen LogP contribution in [0.2, 0.25) is 0 Å². The van der Waals surface area contributed by atoms with E-state index in [0.717, 1.165) is 25.9 Å². The van der Waals surface area contributed by atoms with Gasteiger partial charge in [0.2, 0.25) is 5.91 Å². The van der Waals surface area contributed by atoms with Gasteiger partial charge < -0.3 is 15.0 Å². The second-order valence-electron chi connectivity index (χ2n) is 4.36. The summed E-state index contributed by atoms with van der Waals surface area (Å²) in [7, 11) is 0. The molecule has 0 aromatic heterocycles. The second kappa shape index (κ2) is 6.21. The van der Waals surface area contributed by atoms with Gasteiger partial charge in [-0.1, -0.05) is 0 Å². The molecule has 2 rings (SSSR count). The van der Waals surface area contributed by atoms with E-state index in [9.17, 15) is 9.59 Å². The van der Waals surface area contributed by atoms with E-state index in [2.05, 4.69) is 5.32 Å². The number of halogens is 1. The van der Waals surface area contributed by atoms with Crippen LogP contribution < -0.4 is 5.32 Å². The Hall–Kier alpha value is -0.810. The van der Waals surface area contributed by atoms with Crippen LogP contribution in [0.25, 0.3) is 0 Å². The average Bonchev–Trinajstić information content (AvgIpc) is 2.94. The minimum atomic E-state index is -0.296. The highest BCUT2D eigenvalue weighted by Gasteiger charge is 2.38. The van der Waals surface area contributed by atoms with Crippen LogP contribution >= 0.6 is 12.4 Å². The normalized spacial score (nSPS) is 18.9. The zero-order valence-electron chi connectivity index (χ0n) is 9.98. The number of nitrogens with zero attached hydrogens (tertiary/aromatic N) is 1. The number of esters is 1. The molecule has 0 atom stereocenters. The number of rotatable bonds is 5. The lowest BCUT2D eigenvalue weighted by Crippen LogP contribution is -2.53. The Labute approximate surface area is 107 Å². The third-order valence-electron chi connectivity index (χ3n) is 3.01. The Bertz CT molecular complexity index is 290. The number of amides is 1. The minimum absolute atomic E-state index is 0. The Morgan fingerprint density at radius 2 is 2.00 bits per heavy atom. The third kappa shape index (κ3) is 3.57. The molecule has 5 nitrogen and oxygen atoms in total. The van der Waals surface area contributed by atoms with Gasteiger partial charge in [-0.05, 0) is 19.8 Å². The van der Waals surface area contributed by atoms with E-state index < -0.39 is 0 Å². The summed E-state index contributed by atoms with van der Waals surface area (Å²) in [6.07, 6.45) is 2.04. The van der Waals surface area contributed by atoms with E-state index in [-0.39, 0.29) is 42.8 Å². The van der Waals surface area contributed by atoms with Gasteiger partial charge in [-0.25, -0.2) is 0 Å². The molecule has 17 heavy (non-hydrogen) atoms. The van der Waals surface area contributed by atoms with E-state index in [1.165, 1.54) is 0 Å². The van der Waals surface area contributed by atoms with Crippen LogP contribution in [0, 0.1) is 5.92 Å². The van der Waals surface area contributed by atoms with Gasteiger partial charge in [0.15, 0.2) is 0 Å². The highest BCUT2D eigenvalue weighted by Crippen LogP contribution is 2.28. The number of ether oxygens (including phenoxy) is 1. The van der Waals surface area contributed by atoms with Crippen molar-refractivity contribution >= 4 is 24.3 Å². The Morgan fingerprint density at radius 1 is 1.35 bits per heavy atom. The molecular formula is C11H19ClN2O3. The maximum Gasteiger partial charge on any atom is 0.325 e. The van der Waals surface area contributed by atoms with Crippen LogP contribution in [-0.4, -0.2) is 49.1 Å². The van der Waals surface area contributed by atoms with Crippen molar-refractivity contribution in [1.82, 2.24) is 10.2 Å². The Kier molecular flexibility index (Phi) is 5.21. The van der Waals surface area contributed by atoms with Crippen molar-refractivity contribution in [2.45, 2.75) is 25.8 Å². The topological polar surface area (TPSA) is 58.6 Å². The van der Waals surface area contributed by atoms with E-state index in [4.69, 9.17) is 4.74 Å². The van der Waals surface area contributed by atoms with Crippen molar-refractivity contribution < 1.29 is 14.3 Å². The van der Waals surface area contributed by atoms with Crippen LogP contribution in [0.3, 0.4) is 0 Å². The summed E-state index contributed by atoms with van der Waals surface area (Å²) in [6, 6.07) is 0.275. The van der Waals surface area contributed by atoms with Crippen LogP contribution in [0.15, 0.2) is 0 Å². The molecule has 1 aliphatic heterocycles. The first-order valence-corrected chi connectivity index (χ1v) is 5.89. The van der Waals surface area contributed by atoms with Crippen molar-refractivity contribution in [2.24, 2.45) is 5.92 Å². The fourth-order valence-electron chi connectivity index (χ4n) is 1.82. The SMILES string of the molecule is CCOC(=O)CN(C(=O)C1CNC1)C1CC1.Cl. The molecule has 0 radical (unpaired) electrons. The lowest BCUT2D eigenvalue weighted by Gasteiger charge is -2.32. The van der Waals surface area contributed by atoms with Crippen molar-refractivity contribution in [3.63, 3.8) is 0 Å². The summed E-state index contributed by atoms with van der Waals surface area (Å²) in [6.45, 7) is 3.75. The predicted molar refractivity (Wildman–Crippen MR) is 65.0 cm³/mol. The summed E-state index contributed by atoms with van der Waals surface area (Å²) in [4.78, 5) is 25.1. The Balaban J connectivity index is 0.00000144. The van der Waals surface area contributed by atoms with Crippen molar-refractivity contribution in [2.75, 3.05) is 26.2 Å². The van der Waals surface area contributed by atoms with Gasteiger partial charge in [-0.3, -0.25) is 9.59 Å². The number of hydrogen-bond donors (Lipinski definition) is 1. The summed E-state index contributed by atoms with van der Waals surface area (Å²) >= 11 is 0. The smallest absolute Gasteiger partial charge is 0.325 e. The quantitative estimate of drug-likeness (QED) is 0.719. The molecule has 0 aromatic rings. The molecule has 2 aliphatic rings. The Morgan fingerprint density at radius 3 is 2.41 bits per heavy atom. The maximum atomic E-state index is 12.0. The summed E-state index contributed by atoms with van der Waals surface area (Å²) in [5.74, 6) is -0.126. The molecule has 1 aliphatic carbocycles. The molecule has 0 spiro atoms. The van der Waals surface area contributed by atoms with Gasteiger partial charge >= 0.3 is 5.97 Å². The summed E-state index contributed by atoms with van der Waals surface area (Å²) < 4.78 is 4.88. The molecule has 0 unspecified atom stereocenters. The molecule has 0 bridgehead atoms. The molecule has 98 valence electrons. The largest absolute Gasteiger partial charge is 0.465 e. The lowest BCUT2D eigenvalue weighted by molar-refractivity contribution is -0.151. The predicted octanol–water partition coefficient (Wildman–Crippen LogP) is 0.182. The first-order valence-electron chi connectivity index (χ1n) is 5.89. The molecule has 0 aromatic carbocycles. The molecule has 6 heteroatoms. The molecule has 1 heterocycles. The molecule has 1 saturated carbocycles. The van der Waals surface area contributed by atoms with Gasteiger partial charge in [-0.15, -0.1) is 12.4 Å². The van der Waals surface area contributed by atoms with Crippen LogP contribution in [-0.2, 0) is 14.3 Å². The van der Waals surface area contributed by atoms with Crippen molar-refractivity contribution in [1.29, 1.82) is 0 Å². The number of carbonyl (C=O) groups excluding carboxylic acids is 2. The summed E-state index contributed by atoms with van der Waals surface area (Å²) in [5.41, 5.74) is 0. The third-order valence-corrected chi connectivity index (χ3v) is 3.01. The monoisotopic (exact) mass is 262 g/mol. The van der Waals surface area contributed by atoms with E-state index in [1.54, 1.807) is 11.8 Å². The molecule has 1 saturated heterocycles. The molecule has 1 N–H and O–H groups in total. The number of hydrogen-bond acceptors (Lipinski definition) is 4. The standard InChI is InChI=1S/C11H18N2O3.ClH/c1-2-16-10(14)7-13(9-3-4-9)11(15)8-5-12-6-8;/h8-9,12H,2-7H2,1H3;1H. The first kappa shape index (κ1) is 14.3. The van der Waals surface area contributed by atoms with E-state index in [0.29, 0.717) is 6.61 Å². The van der Waals surface area contributed by atoms with Gasteiger partial charge in [0, 0.05) is 19.1 Å². The van der Waals surface area contributed by atoms with Gasteiger partial charge in [0.1, 0.15) is 6.54 Å². The molecule has 1 amide bonds.